The van der Waals surface area contributed by atoms with E-state index in [0.717, 1.165) is 18.4 Å². The molecule has 0 aromatic heterocycles. The largest absolute Gasteiger partial charge is 0.481 e. The normalized spacial score (nSPS) is 18.2. The SMILES string of the molecule is Nc1cccc(CCC(=O)N2CCCC2CC(=O)O)c1. The molecule has 1 aliphatic heterocycles. The zero-order valence-corrected chi connectivity index (χ0v) is 11.4. The lowest BCUT2D eigenvalue weighted by Gasteiger charge is -2.23. The molecule has 0 bridgehead atoms. The van der Waals surface area contributed by atoms with E-state index in [1.54, 1.807) is 4.90 Å². The number of hydrogen-bond donors (Lipinski definition) is 2. The Hall–Kier alpha value is -2.04. The zero-order valence-electron chi connectivity index (χ0n) is 11.4. The van der Waals surface area contributed by atoms with Gasteiger partial charge in [0, 0.05) is 24.7 Å². The van der Waals surface area contributed by atoms with Gasteiger partial charge in [0.1, 0.15) is 0 Å². The van der Waals surface area contributed by atoms with Crippen LogP contribution in [0.4, 0.5) is 5.69 Å². The molecule has 0 aliphatic carbocycles. The smallest absolute Gasteiger partial charge is 0.305 e. The number of anilines is 1. The summed E-state index contributed by atoms with van der Waals surface area (Å²) in [5.41, 5.74) is 7.43. The van der Waals surface area contributed by atoms with E-state index in [1.165, 1.54) is 0 Å². The molecule has 1 unspecified atom stereocenters. The number of carbonyl (C=O) groups excluding carboxylic acids is 1. The van der Waals surface area contributed by atoms with E-state index >= 15 is 0 Å². The number of likely N-dealkylation sites (tertiary alicyclic amines) is 1. The van der Waals surface area contributed by atoms with E-state index in [9.17, 15) is 9.59 Å². The van der Waals surface area contributed by atoms with Crippen LogP contribution in [0.1, 0.15) is 31.2 Å². The zero-order chi connectivity index (χ0) is 14.5. The van der Waals surface area contributed by atoms with Gasteiger partial charge in [0.2, 0.25) is 5.91 Å². The van der Waals surface area contributed by atoms with Crippen LogP contribution in [0.2, 0.25) is 0 Å². The van der Waals surface area contributed by atoms with E-state index in [-0.39, 0.29) is 18.4 Å². The van der Waals surface area contributed by atoms with E-state index in [1.807, 2.05) is 24.3 Å². The maximum Gasteiger partial charge on any atom is 0.305 e. The predicted octanol–water partition coefficient (Wildman–Crippen LogP) is 1.67. The molecule has 5 nitrogen and oxygen atoms in total. The van der Waals surface area contributed by atoms with Crippen molar-refractivity contribution >= 4 is 17.6 Å². The molecule has 5 heteroatoms. The number of aryl methyl sites for hydroxylation is 1. The van der Waals surface area contributed by atoms with Gasteiger partial charge in [-0.05, 0) is 37.0 Å². The van der Waals surface area contributed by atoms with Crippen LogP contribution in [0.25, 0.3) is 0 Å². The first kappa shape index (κ1) is 14.4. The van der Waals surface area contributed by atoms with Gasteiger partial charge in [-0.1, -0.05) is 12.1 Å². The lowest BCUT2D eigenvalue weighted by atomic mass is 10.1. The molecule has 1 aromatic rings. The van der Waals surface area contributed by atoms with Crippen molar-refractivity contribution in [3.63, 3.8) is 0 Å². The van der Waals surface area contributed by atoms with E-state index in [4.69, 9.17) is 10.8 Å². The van der Waals surface area contributed by atoms with Crippen LogP contribution in [0.3, 0.4) is 0 Å². The predicted molar refractivity (Wildman–Crippen MR) is 76.2 cm³/mol. The molecule has 1 atom stereocenters. The Balaban J connectivity index is 1.89. The summed E-state index contributed by atoms with van der Waals surface area (Å²) in [6.45, 7) is 0.674. The first-order valence-corrected chi connectivity index (χ1v) is 6.92. The van der Waals surface area contributed by atoms with Crippen LogP contribution >= 0.6 is 0 Å². The number of rotatable bonds is 5. The molecule has 0 saturated carbocycles. The fourth-order valence-corrected chi connectivity index (χ4v) is 2.72. The summed E-state index contributed by atoms with van der Waals surface area (Å²) >= 11 is 0. The number of carboxylic acid groups (broad SMARTS) is 1. The summed E-state index contributed by atoms with van der Waals surface area (Å²) in [6, 6.07) is 7.36. The topological polar surface area (TPSA) is 83.6 Å². The first-order chi connectivity index (χ1) is 9.56. The van der Waals surface area contributed by atoms with Gasteiger partial charge in [-0.25, -0.2) is 0 Å². The van der Waals surface area contributed by atoms with Crippen molar-refractivity contribution in [3.8, 4) is 0 Å². The minimum Gasteiger partial charge on any atom is -0.481 e. The molecule has 108 valence electrons. The Bertz CT molecular complexity index is 502. The van der Waals surface area contributed by atoms with Crippen molar-refractivity contribution < 1.29 is 14.7 Å². The number of amides is 1. The van der Waals surface area contributed by atoms with Gasteiger partial charge in [0.25, 0.3) is 0 Å². The van der Waals surface area contributed by atoms with Crippen LogP contribution < -0.4 is 5.73 Å². The second kappa shape index (κ2) is 6.41. The number of nitrogen functional groups attached to an aromatic ring is 1. The van der Waals surface area contributed by atoms with Gasteiger partial charge in [-0.2, -0.15) is 0 Å². The van der Waals surface area contributed by atoms with Gasteiger partial charge >= 0.3 is 5.97 Å². The summed E-state index contributed by atoms with van der Waals surface area (Å²) in [7, 11) is 0. The maximum absolute atomic E-state index is 12.2. The number of benzene rings is 1. The lowest BCUT2D eigenvalue weighted by Crippen LogP contribution is -2.36. The quantitative estimate of drug-likeness (QED) is 0.801. The highest BCUT2D eigenvalue weighted by molar-refractivity contribution is 5.78. The van der Waals surface area contributed by atoms with Crippen molar-refractivity contribution in [2.45, 2.75) is 38.1 Å². The maximum atomic E-state index is 12.2. The molecule has 1 fully saturated rings. The molecular formula is C15H20N2O3. The Labute approximate surface area is 118 Å². The molecule has 1 amide bonds. The molecule has 0 spiro atoms. The molecule has 2 rings (SSSR count). The average Bonchev–Trinajstić information content (AvgIpc) is 2.83. The van der Waals surface area contributed by atoms with Crippen LogP contribution in [-0.2, 0) is 16.0 Å². The molecule has 1 aromatic carbocycles. The third kappa shape index (κ3) is 3.73. The summed E-state index contributed by atoms with van der Waals surface area (Å²) in [4.78, 5) is 24.7. The molecule has 1 heterocycles. The highest BCUT2D eigenvalue weighted by Crippen LogP contribution is 2.21. The van der Waals surface area contributed by atoms with Gasteiger partial charge < -0.3 is 15.7 Å². The monoisotopic (exact) mass is 276 g/mol. The summed E-state index contributed by atoms with van der Waals surface area (Å²) in [5.74, 6) is -0.804. The first-order valence-electron chi connectivity index (χ1n) is 6.92. The molecule has 20 heavy (non-hydrogen) atoms. The van der Waals surface area contributed by atoms with Crippen molar-refractivity contribution in [1.29, 1.82) is 0 Å². The van der Waals surface area contributed by atoms with Crippen LogP contribution in [0, 0.1) is 0 Å². The van der Waals surface area contributed by atoms with Gasteiger partial charge in [0.15, 0.2) is 0 Å². The van der Waals surface area contributed by atoms with E-state index in [2.05, 4.69) is 0 Å². The van der Waals surface area contributed by atoms with Crippen LogP contribution in [-0.4, -0.2) is 34.5 Å². The van der Waals surface area contributed by atoms with Gasteiger partial charge in [-0.15, -0.1) is 0 Å². The fourth-order valence-electron chi connectivity index (χ4n) is 2.72. The third-order valence-electron chi connectivity index (χ3n) is 3.69. The number of aliphatic carboxylic acids is 1. The summed E-state index contributed by atoms with van der Waals surface area (Å²) in [5, 5.41) is 8.86. The number of hydrogen-bond acceptors (Lipinski definition) is 3. The molecule has 1 saturated heterocycles. The minimum absolute atomic E-state index is 0.0381. The fraction of sp³-hybridized carbons (Fsp3) is 0.467. The van der Waals surface area contributed by atoms with Crippen LogP contribution in [0.15, 0.2) is 24.3 Å². The Morgan fingerprint density at radius 1 is 1.40 bits per heavy atom. The van der Waals surface area contributed by atoms with Gasteiger partial charge in [-0.3, -0.25) is 9.59 Å². The number of nitrogens with zero attached hydrogens (tertiary/aromatic N) is 1. The second-order valence-electron chi connectivity index (χ2n) is 5.23. The molecule has 3 N–H and O–H groups in total. The second-order valence-corrected chi connectivity index (χ2v) is 5.23. The van der Waals surface area contributed by atoms with Crippen molar-refractivity contribution in [3.05, 3.63) is 29.8 Å². The lowest BCUT2D eigenvalue weighted by molar-refractivity contribution is -0.139. The highest BCUT2D eigenvalue weighted by Gasteiger charge is 2.29. The average molecular weight is 276 g/mol. The Morgan fingerprint density at radius 2 is 2.20 bits per heavy atom. The summed E-state index contributed by atoms with van der Waals surface area (Å²) < 4.78 is 0. The highest BCUT2D eigenvalue weighted by atomic mass is 16.4. The Kier molecular flexibility index (Phi) is 4.61. The van der Waals surface area contributed by atoms with Gasteiger partial charge in [0.05, 0.1) is 6.42 Å². The number of nitrogens with two attached hydrogens (primary N) is 1. The Morgan fingerprint density at radius 3 is 2.90 bits per heavy atom. The minimum atomic E-state index is -0.842. The summed E-state index contributed by atoms with van der Waals surface area (Å²) in [6.07, 6.45) is 2.77. The standard InChI is InChI=1S/C15H20N2O3/c16-12-4-1-3-11(9-12)6-7-14(18)17-8-2-5-13(17)10-15(19)20/h1,3-4,9,13H,2,5-8,10,16H2,(H,19,20). The van der Waals surface area contributed by atoms with Crippen molar-refractivity contribution in [2.75, 3.05) is 12.3 Å². The number of carbonyl (C=O) groups is 2. The van der Waals surface area contributed by atoms with E-state index < -0.39 is 5.97 Å². The molecular weight excluding hydrogens is 256 g/mol. The van der Waals surface area contributed by atoms with Crippen molar-refractivity contribution in [2.24, 2.45) is 0 Å². The van der Waals surface area contributed by atoms with Crippen molar-refractivity contribution in [1.82, 2.24) is 4.90 Å². The molecule has 1 aliphatic rings. The number of carboxylic acids is 1. The third-order valence-corrected chi connectivity index (χ3v) is 3.69. The molecule has 0 radical (unpaired) electrons. The van der Waals surface area contributed by atoms with Crippen LogP contribution in [0.5, 0.6) is 0 Å². The van der Waals surface area contributed by atoms with E-state index in [0.29, 0.717) is 25.1 Å².